The van der Waals surface area contributed by atoms with Crippen molar-refractivity contribution in [3.8, 4) is 5.75 Å². The minimum absolute atomic E-state index is 0.177. The van der Waals surface area contributed by atoms with Gasteiger partial charge in [-0.25, -0.2) is 0 Å². The van der Waals surface area contributed by atoms with Gasteiger partial charge < -0.3 is 14.4 Å². The number of hydrogen-bond acceptors (Lipinski definition) is 5. The van der Waals surface area contributed by atoms with E-state index in [1.54, 1.807) is 7.11 Å². The minimum atomic E-state index is -0.206. The van der Waals surface area contributed by atoms with Crippen molar-refractivity contribution < 1.29 is 19.1 Å². The third-order valence-corrected chi connectivity index (χ3v) is 5.07. The van der Waals surface area contributed by atoms with E-state index in [-0.39, 0.29) is 11.8 Å². The average molecular weight is 372 g/mol. The molecule has 3 rings (SSSR count). The summed E-state index contributed by atoms with van der Waals surface area (Å²) in [6, 6.07) is 7.36. The summed E-state index contributed by atoms with van der Waals surface area (Å²) in [5.41, 5.74) is 1.84. The Bertz CT molecular complexity index is 705. The molecule has 0 N–H and O–H groups in total. The number of amides is 2. The molecule has 0 aliphatic carbocycles. The van der Waals surface area contributed by atoms with Crippen molar-refractivity contribution in [1.82, 2.24) is 9.80 Å². The number of carbonyl (C=O) groups is 2. The predicted octanol–water partition coefficient (Wildman–Crippen LogP) is 2.69. The zero-order valence-electron chi connectivity index (χ0n) is 16.2. The Labute approximate surface area is 160 Å². The van der Waals surface area contributed by atoms with Gasteiger partial charge in [-0.3, -0.25) is 14.5 Å². The summed E-state index contributed by atoms with van der Waals surface area (Å²) in [5.74, 6) is 0.343. The Morgan fingerprint density at radius 2 is 1.70 bits per heavy atom. The first-order valence-electron chi connectivity index (χ1n) is 9.75. The van der Waals surface area contributed by atoms with Crippen LogP contribution in [0.5, 0.6) is 5.75 Å². The smallest absolute Gasteiger partial charge is 0.277 e. The van der Waals surface area contributed by atoms with Crippen LogP contribution < -0.4 is 4.74 Å². The highest BCUT2D eigenvalue weighted by atomic mass is 16.5. The van der Waals surface area contributed by atoms with Crippen LogP contribution in [0, 0.1) is 0 Å². The maximum atomic E-state index is 13.1. The Kier molecular flexibility index (Phi) is 6.50. The first kappa shape index (κ1) is 19.4. The van der Waals surface area contributed by atoms with Gasteiger partial charge in [0.05, 0.1) is 12.7 Å². The lowest BCUT2D eigenvalue weighted by atomic mass is 10.0. The number of ether oxygens (including phenoxy) is 2. The number of hydrogen-bond donors (Lipinski definition) is 0. The molecule has 0 aromatic heterocycles. The highest BCUT2D eigenvalue weighted by Crippen LogP contribution is 2.33. The maximum absolute atomic E-state index is 13.1. The second kappa shape index (κ2) is 9.04. The third kappa shape index (κ3) is 4.16. The van der Waals surface area contributed by atoms with Crippen molar-refractivity contribution in [2.75, 3.05) is 40.0 Å². The predicted molar refractivity (Wildman–Crippen MR) is 103 cm³/mol. The second-order valence-electron chi connectivity index (χ2n) is 6.81. The molecule has 0 atom stereocenters. The number of likely N-dealkylation sites (tertiary alicyclic amines) is 1. The van der Waals surface area contributed by atoms with Gasteiger partial charge in [0.15, 0.2) is 0 Å². The molecule has 1 saturated heterocycles. The van der Waals surface area contributed by atoms with Gasteiger partial charge in [-0.15, -0.1) is 0 Å². The highest BCUT2D eigenvalue weighted by Gasteiger charge is 2.41. The molecular formula is C21H28N2O4. The summed E-state index contributed by atoms with van der Waals surface area (Å²) in [6.45, 7) is 5.14. The van der Waals surface area contributed by atoms with E-state index >= 15 is 0 Å². The van der Waals surface area contributed by atoms with Gasteiger partial charge in [-0.1, -0.05) is 12.1 Å². The van der Waals surface area contributed by atoms with Crippen molar-refractivity contribution in [1.29, 1.82) is 0 Å². The molecule has 146 valence electrons. The number of carbonyl (C=O) groups excluding carboxylic acids is 2. The van der Waals surface area contributed by atoms with Gasteiger partial charge >= 0.3 is 0 Å². The molecule has 2 amide bonds. The summed E-state index contributed by atoms with van der Waals surface area (Å²) in [7, 11) is 1.61. The molecule has 0 bridgehead atoms. The number of piperidine rings is 1. The average Bonchev–Trinajstić information content (AvgIpc) is 2.96. The first-order valence-corrected chi connectivity index (χ1v) is 9.75. The normalized spacial score (nSPS) is 17.9. The summed E-state index contributed by atoms with van der Waals surface area (Å²) >= 11 is 0. The molecule has 0 spiro atoms. The van der Waals surface area contributed by atoms with Crippen LogP contribution in [0.2, 0.25) is 0 Å². The van der Waals surface area contributed by atoms with E-state index in [4.69, 9.17) is 9.47 Å². The van der Waals surface area contributed by atoms with Gasteiger partial charge in [0.1, 0.15) is 11.4 Å². The number of imide groups is 1. The van der Waals surface area contributed by atoms with Crippen LogP contribution in [-0.2, 0) is 14.3 Å². The molecule has 0 saturated carbocycles. The summed E-state index contributed by atoms with van der Waals surface area (Å²) in [6.07, 6.45) is 3.91. The van der Waals surface area contributed by atoms with Crippen LogP contribution in [0.4, 0.5) is 0 Å². The van der Waals surface area contributed by atoms with Crippen LogP contribution >= 0.6 is 0 Å². The van der Waals surface area contributed by atoms with Crippen LogP contribution in [0.25, 0.3) is 5.57 Å². The fourth-order valence-electron chi connectivity index (χ4n) is 3.66. The lowest BCUT2D eigenvalue weighted by Gasteiger charge is -2.29. The molecular weight excluding hydrogens is 344 g/mol. The summed E-state index contributed by atoms with van der Waals surface area (Å²) in [4.78, 5) is 29.7. The number of methoxy groups -OCH3 is 1. The molecule has 2 heterocycles. The molecule has 27 heavy (non-hydrogen) atoms. The molecule has 6 heteroatoms. The summed E-state index contributed by atoms with van der Waals surface area (Å²) < 4.78 is 10.6. The molecule has 1 aromatic carbocycles. The van der Waals surface area contributed by atoms with Gasteiger partial charge in [-0.2, -0.15) is 0 Å². The lowest BCUT2D eigenvalue weighted by molar-refractivity contribution is -0.137. The lowest BCUT2D eigenvalue weighted by Crippen LogP contribution is -2.37. The fourth-order valence-corrected chi connectivity index (χ4v) is 3.66. The number of nitrogens with zero attached hydrogens (tertiary/aromatic N) is 2. The van der Waals surface area contributed by atoms with Crippen LogP contribution in [0.3, 0.4) is 0 Å². The molecule has 2 aliphatic rings. The van der Waals surface area contributed by atoms with Crippen molar-refractivity contribution in [2.45, 2.75) is 32.6 Å². The van der Waals surface area contributed by atoms with E-state index in [9.17, 15) is 9.59 Å². The van der Waals surface area contributed by atoms with E-state index < -0.39 is 0 Å². The van der Waals surface area contributed by atoms with Gasteiger partial charge in [-0.05, 0) is 50.3 Å². The summed E-state index contributed by atoms with van der Waals surface area (Å²) in [5, 5.41) is 0. The van der Waals surface area contributed by atoms with Crippen LogP contribution in [-0.4, -0.2) is 61.6 Å². The first-order chi connectivity index (χ1) is 13.2. The minimum Gasteiger partial charge on any atom is -0.497 e. The molecule has 6 nitrogen and oxygen atoms in total. The zero-order valence-corrected chi connectivity index (χ0v) is 16.2. The van der Waals surface area contributed by atoms with Crippen molar-refractivity contribution in [3.63, 3.8) is 0 Å². The van der Waals surface area contributed by atoms with Gasteiger partial charge in [0.25, 0.3) is 11.8 Å². The SMILES string of the molecule is CCOCCCN1C(=O)C(c2ccc(OC)cc2)=C(N2CCCCC2)C1=O. The van der Waals surface area contributed by atoms with E-state index in [0.717, 1.165) is 37.2 Å². The van der Waals surface area contributed by atoms with Crippen LogP contribution in [0.15, 0.2) is 30.0 Å². The Morgan fingerprint density at radius 3 is 2.33 bits per heavy atom. The Balaban J connectivity index is 1.90. The molecule has 1 aromatic rings. The highest BCUT2D eigenvalue weighted by molar-refractivity contribution is 6.35. The molecule has 2 aliphatic heterocycles. The third-order valence-electron chi connectivity index (χ3n) is 5.07. The van der Waals surface area contributed by atoms with Crippen LogP contribution in [0.1, 0.15) is 38.2 Å². The van der Waals surface area contributed by atoms with Crippen molar-refractivity contribution >= 4 is 17.4 Å². The van der Waals surface area contributed by atoms with Gasteiger partial charge in [0.2, 0.25) is 0 Å². The van der Waals surface area contributed by atoms with E-state index in [1.165, 1.54) is 11.3 Å². The fraction of sp³-hybridized carbons (Fsp3) is 0.524. The maximum Gasteiger partial charge on any atom is 0.277 e. The van der Waals surface area contributed by atoms with Crippen molar-refractivity contribution in [3.05, 3.63) is 35.5 Å². The molecule has 0 unspecified atom stereocenters. The Hall–Kier alpha value is -2.34. The Morgan fingerprint density at radius 1 is 1.00 bits per heavy atom. The monoisotopic (exact) mass is 372 g/mol. The number of benzene rings is 1. The zero-order chi connectivity index (χ0) is 19.2. The van der Waals surface area contributed by atoms with Crippen molar-refractivity contribution in [2.24, 2.45) is 0 Å². The quantitative estimate of drug-likeness (QED) is 0.519. The largest absolute Gasteiger partial charge is 0.497 e. The topological polar surface area (TPSA) is 59.1 Å². The van der Waals surface area contributed by atoms with E-state index in [0.29, 0.717) is 37.4 Å². The second-order valence-corrected chi connectivity index (χ2v) is 6.81. The molecule has 1 fully saturated rings. The van der Waals surface area contributed by atoms with E-state index in [2.05, 4.69) is 4.90 Å². The standard InChI is InChI=1S/C21H28N2O4/c1-3-27-15-7-14-23-20(24)18(16-8-10-17(26-2)11-9-16)19(21(23)25)22-12-5-4-6-13-22/h8-11H,3-7,12-15H2,1-2H3. The van der Waals surface area contributed by atoms with E-state index in [1.807, 2.05) is 31.2 Å². The number of rotatable bonds is 8. The van der Waals surface area contributed by atoms with Gasteiger partial charge in [0, 0.05) is 32.8 Å². The molecule has 0 radical (unpaired) electrons.